The van der Waals surface area contributed by atoms with E-state index < -0.39 is 5.82 Å². The maximum atomic E-state index is 13.1. The molecule has 1 aromatic heterocycles. The first kappa shape index (κ1) is 8.14. The smallest absolute Gasteiger partial charge is 0.142 e. The second-order valence-corrected chi connectivity index (χ2v) is 3.88. The minimum absolute atomic E-state index is 0.0535. The monoisotopic (exact) mass is 192 g/mol. The van der Waals surface area contributed by atoms with E-state index in [4.69, 9.17) is 5.26 Å². The van der Waals surface area contributed by atoms with Crippen molar-refractivity contribution in [2.45, 2.75) is 6.92 Å². The molecule has 0 saturated carbocycles. The Kier molecular flexibility index (Phi) is 1.74. The molecule has 2 nitrogen and oxygen atoms in total. The lowest BCUT2D eigenvalue weighted by molar-refractivity contribution is 0.626. The number of fused-ring (bicyclic) bond motifs is 1. The summed E-state index contributed by atoms with van der Waals surface area (Å²) in [5.41, 5.74) is 0.748. The molecule has 0 radical (unpaired) electrons. The molecule has 2 aromatic rings. The topological polar surface area (TPSA) is 36.7 Å². The Morgan fingerprint density at radius 1 is 1.54 bits per heavy atom. The van der Waals surface area contributed by atoms with Gasteiger partial charge in [-0.2, -0.15) is 5.26 Å². The zero-order valence-electron chi connectivity index (χ0n) is 6.84. The lowest BCUT2D eigenvalue weighted by Gasteiger charge is -1.91. The largest absolute Gasteiger partial charge is 0.241 e. The van der Waals surface area contributed by atoms with Gasteiger partial charge in [0.05, 0.1) is 20.8 Å². The van der Waals surface area contributed by atoms with E-state index in [0.717, 1.165) is 9.71 Å². The first-order valence-electron chi connectivity index (χ1n) is 3.67. The molecule has 0 aliphatic carbocycles. The predicted octanol–water partition coefficient (Wildman–Crippen LogP) is 2.62. The number of nitrogens with zero attached hydrogens (tertiary/aromatic N) is 2. The molecule has 0 bridgehead atoms. The lowest BCUT2D eigenvalue weighted by Crippen LogP contribution is -1.82. The Morgan fingerprint density at radius 2 is 2.31 bits per heavy atom. The number of hydrogen-bond donors (Lipinski definition) is 0. The number of aromatic nitrogens is 1. The van der Waals surface area contributed by atoms with Crippen molar-refractivity contribution in [3.05, 3.63) is 28.5 Å². The van der Waals surface area contributed by atoms with Crippen LogP contribution >= 0.6 is 11.3 Å². The van der Waals surface area contributed by atoms with Crippen LogP contribution in [0.1, 0.15) is 10.6 Å². The lowest BCUT2D eigenvalue weighted by atomic mass is 10.2. The number of nitriles is 1. The van der Waals surface area contributed by atoms with E-state index in [-0.39, 0.29) is 5.56 Å². The first-order valence-corrected chi connectivity index (χ1v) is 4.49. The summed E-state index contributed by atoms with van der Waals surface area (Å²) in [6, 6.07) is 4.63. The van der Waals surface area contributed by atoms with Crippen LogP contribution in [0.15, 0.2) is 12.1 Å². The van der Waals surface area contributed by atoms with Gasteiger partial charge in [0.25, 0.3) is 0 Å². The molecule has 0 unspecified atom stereocenters. The molecule has 0 spiro atoms. The van der Waals surface area contributed by atoms with Gasteiger partial charge in [0.1, 0.15) is 11.9 Å². The summed E-state index contributed by atoms with van der Waals surface area (Å²) in [7, 11) is 0. The van der Waals surface area contributed by atoms with Gasteiger partial charge in [0.2, 0.25) is 0 Å². The molecule has 0 fully saturated rings. The van der Waals surface area contributed by atoms with Crippen molar-refractivity contribution in [3.63, 3.8) is 0 Å². The molecular formula is C9H5FN2S. The minimum atomic E-state index is -0.473. The van der Waals surface area contributed by atoms with E-state index in [2.05, 4.69) is 4.98 Å². The molecule has 0 aliphatic rings. The van der Waals surface area contributed by atoms with Crippen LogP contribution in [0, 0.1) is 24.1 Å². The van der Waals surface area contributed by atoms with Crippen LogP contribution in [-0.2, 0) is 0 Å². The first-order chi connectivity index (χ1) is 6.20. The van der Waals surface area contributed by atoms with E-state index in [1.807, 2.05) is 6.92 Å². The molecule has 64 valence electrons. The maximum Gasteiger partial charge on any atom is 0.142 e. The fourth-order valence-electron chi connectivity index (χ4n) is 1.15. The summed E-state index contributed by atoms with van der Waals surface area (Å²) in [5, 5.41) is 9.45. The summed E-state index contributed by atoms with van der Waals surface area (Å²) < 4.78 is 13.9. The second-order valence-electron chi connectivity index (χ2n) is 2.64. The van der Waals surface area contributed by atoms with Gasteiger partial charge in [0, 0.05) is 0 Å². The van der Waals surface area contributed by atoms with Gasteiger partial charge in [-0.25, -0.2) is 9.37 Å². The zero-order chi connectivity index (χ0) is 9.42. The molecule has 2 rings (SSSR count). The van der Waals surface area contributed by atoms with Crippen molar-refractivity contribution in [1.82, 2.24) is 4.98 Å². The Morgan fingerprint density at radius 3 is 3.00 bits per heavy atom. The predicted molar refractivity (Wildman–Crippen MR) is 49.0 cm³/mol. The van der Waals surface area contributed by atoms with Crippen LogP contribution in [0.2, 0.25) is 0 Å². The van der Waals surface area contributed by atoms with Crippen LogP contribution in [0.5, 0.6) is 0 Å². The van der Waals surface area contributed by atoms with E-state index >= 15 is 0 Å². The van der Waals surface area contributed by atoms with Crippen LogP contribution in [0.3, 0.4) is 0 Å². The van der Waals surface area contributed by atoms with Gasteiger partial charge < -0.3 is 0 Å². The van der Waals surface area contributed by atoms with Crippen molar-refractivity contribution in [3.8, 4) is 6.07 Å². The van der Waals surface area contributed by atoms with Crippen molar-refractivity contribution >= 4 is 21.6 Å². The number of hydrogen-bond acceptors (Lipinski definition) is 3. The molecule has 0 N–H and O–H groups in total. The molecule has 1 heterocycles. The van der Waals surface area contributed by atoms with E-state index in [1.54, 1.807) is 6.07 Å². The summed E-state index contributed by atoms with van der Waals surface area (Å²) in [4.78, 5) is 4.16. The van der Waals surface area contributed by atoms with E-state index in [9.17, 15) is 4.39 Å². The Bertz CT molecular complexity index is 510. The molecule has 0 saturated heterocycles. The van der Waals surface area contributed by atoms with Gasteiger partial charge in [-0.3, -0.25) is 0 Å². The molecule has 13 heavy (non-hydrogen) atoms. The third kappa shape index (κ3) is 1.27. The molecular weight excluding hydrogens is 187 g/mol. The number of rotatable bonds is 0. The fourth-order valence-corrected chi connectivity index (χ4v) is 1.98. The molecule has 0 atom stereocenters. The van der Waals surface area contributed by atoms with Gasteiger partial charge in [0.15, 0.2) is 0 Å². The second kappa shape index (κ2) is 2.79. The Labute approximate surface area is 78.3 Å². The summed E-state index contributed by atoms with van der Waals surface area (Å²) in [6.45, 7) is 1.86. The zero-order valence-corrected chi connectivity index (χ0v) is 7.65. The van der Waals surface area contributed by atoms with Crippen LogP contribution in [0.25, 0.3) is 10.2 Å². The average Bonchev–Trinajstić information content (AvgIpc) is 2.42. The average molecular weight is 192 g/mol. The highest BCUT2D eigenvalue weighted by Gasteiger charge is 2.06. The highest BCUT2D eigenvalue weighted by Crippen LogP contribution is 2.24. The van der Waals surface area contributed by atoms with Gasteiger partial charge in [-0.15, -0.1) is 11.3 Å². The van der Waals surface area contributed by atoms with Crippen molar-refractivity contribution in [1.29, 1.82) is 5.26 Å². The standard InChI is InChI=1S/C9H5FN2S/c1-5-12-8-2-6(4-11)7(10)3-9(8)13-5/h2-3H,1H3. The van der Waals surface area contributed by atoms with Gasteiger partial charge >= 0.3 is 0 Å². The van der Waals surface area contributed by atoms with Crippen LogP contribution < -0.4 is 0 Å². The van der Waals surface area contributed by atoms with E-state index in [1.165, 1.54) is 23.5 Å². The third-order valence-corrected chi connectivity index (χ3v) is 2.64. The highest BCUT2D eigenvalue weighted by atomic mass is 32.1. The van der Waals surface area contributed by atoms with Crippen molar-refractivity contribution < 1.29 is 4.39 Å². The maximum absolute atomic E-state index is 13.1. The molecule has 4 heteroatoms. The quantitative estimate of drug-likeness (QED) is 0.643. The SMILES string of the molecule is Cc1nc2cc(C#N)c(F)cc2s1. The summed E-state index contributed by atoms with van der Waals surface area (Å²) in [5.74, 6) is -0.473. The van der Waals surface area contributed by atoms with Crippen LogP contribution in [-0.4, -0.2) is 4.98 Å². The van der Waals surface area contributed by atoms with Crippen molar-refractivity contribution in [2.75, 3.05) is 0 Å². The van der Waals surface area contributed by atoms with E-state index in [0.29, 0.717) is 5.52 Å². The number of halogens is 1. The number of aryl methyl sites for hydroxylation is 1. The molecule has 0 amide bonds. The Balaban J connectivity index is 2.82. The fraction of sp³-hybridized carbons (Fsp3) is 0.111. The normalized spacial score (nSPS) is 10.2. The molecule has 0 aliphatic heterocycles. The van der Waals surface area contributed by atoms with Gasteiger partial charge in [-0.05, 0) is 19.1 Å². The Hall–Kier alpha value is -1.47. The van der Waals surface area contributed by atoms with Crippen molar-refractivity contribution in [2.24, 2.45) is 0 Å². The molecule has 1 aromatic carbocycles. The highest BCUT2D eigenvalue weighted by molar-refractivity contribution is 7.18. The van der Waals surface area contributed by atoms with Gasteiger partial charge in [-0.1, -0.05) is 0 Å². The summed E-state index contributed by atoms with van der Waals surface area (Å²) >= 11 is 1.42. The minimum Gasteiger partial charge on any atom is -0.241 e. The summed E-state index contributed by atoms with van der Waals surface area (Å²) in [6.07, 6.45) is 0. The third-order valence-electron chi connectivity index (χ3n) is 1.70. The number of benzene rings is 1. The number of thiazole rings is 1. The van der Waals surface area contributed by atoms with Crippen LogP contribution in [0.4, 0.5) is 4.39 Å².